The van der Waals surface area contributed by atoms with Gasteiger partial charge in [-0.1, -0.05) is 25.0 Å². The predicted molar refractivity (Wildman–Crippen MR) is 79.6 cm³/mol. The first kappa shape index (κ1) is 13.4. The van der Waals surface area contributed by atoms with Crippen LogP contribution in [0, 0.1) is 0 Å². The Morgan fingerprint density at radius 3 is 2.42 bits per heavy atom. The molecule has 1 N–H and O–H groups in total. The number of pyridine rings is 1. The summed E-state index contributed by atoms with van der Waals surface area (Å²) in [6.45, 7) is 1.23. The fraction of sp³-hybridized carbons (Fsp3) is 0.133. The van der Waals surface area contributed by atoms with E-state index in [2.05, 4.69) is 4.98 Å². The van der Waals surface area contributed by atoms with E-state index in [1.807, 2.05) is 42.5 Å². The summed E-state index contributed by atoms with van der Waals surface area (Å²) >= 11 is 0. The van der Waals surface area contributed by atoms with Gasteiger partial charge in [0.25, 0.3) is 0 Å². The molecule has 1 aromatic carbocycles. The van der Waals surface area contributed by atoms with Gasteiger partial charge in [0.2, 0.25) is 0 Å². The zero-order valence-corrected chi connectivity index (χ0v) is 11.1. The zero-order valence-electron chi connectivity index (χ0n) is 11.1. The first-order valence-corrected chi connectivity index (χ1v) is 6.14. The molecule has 0 spiro atoms. The summed E-state index contributed by atoms with van der Waals surface area (Å²) in [5, 5.41) is 9.67. The molecule has 0 aliphatic carbocycles. The summed E-state index contributed by atoms with van der Waals surface area (Å²) in [6.07, 6.45) is 7.50. The van der Waals surface area contributed by atoms with Gasteiger partial charge in [-0.2, -0.15) is 0 Å². The molecule has 0 saturated carbocycles. The smallest absolute Gasteiger partial charge is 0.320 e. The van der Waals surface area contributed by atoms with Gasteiger partial charge in [0, 0.05) is 12.4 Å². The Hall–Kier alpha value is -2.07. The Morgan fingerprint density at radius 2 is 1.79 bits per heavy atom. The highest BCUT2D eigenvalue weighted by atomic mass is 16.5. The van der Waals surface area contributed by atoms with Gasteiger partial charge < -0.3 is 9.76 Å². The lowest BCUT2D eigenvalue weighted by atomic mass is 9.64. The summed E-state index contributed by atoms with van der Waals surface area (Å²) in [5.74, 6) is 0.743. The number of aromatic nitrogens is 1. The lowest BCUT2D eigenvalue weighted by Crippen LogP contribution is -2.26. The maximum absolute atomic E-state index is 9.67. The van der Waals surface area contributed by atoms with Gasteiger partial charge in [0.15, 0.2) is 0 Å². The normalized spacial score (nSPS) is 10.7. The molecule has 96 valence electrons. The molecule has 1 aromatic heterocycles. The van der Waals surface area contributed by atoms with Crippen molar-refractivity contribution in [1.29, 1.82) is 0 Å². The van der Waals surface area contributed by atoms with Gasteiger partial charge >= 0.3 is 6.92 Å². The van der Waals surface area contributed by atoms with Crippen LogP contribution >= 0.6 is 0 Å². The van der Waals surface area contributed by atoms with Gasteiger partial charge in [-0.05, 0) is 40.9 Å². The highest BCUT2D eigenvalue weighted by Crippen LogP contribution is 2.14. The monoisotopic (exact) mass is 253 g/mol. The molecule has 0 amide bonds. The molecule has 0 saturated heterocycles. The molecule has 2 rings (SSSR count). The van der Waals surface area contributed by atoms with E-state index >= 15 is 0 Å². The minimum absolute atomic E-state index is 0.511. The van der Waals surface area contributed by atoms with E-state index in [1.54, 1.807) is 26.3 Å². The van der Waals surface area contributed by atoms with Crippen molar-refractivity contribution in [3.05, 3.63) is 53.9 Å². The topological polar surface area (TPSA) is 42.4 Å². The van der Waals surface area contributed by atoms with Gasteiger partial charge in [-0.15, -0.1) is 0 Å². The second kappa shape index (κ2) is 6.20. The molecule has 2 aromatic rings. The third-order valence-corrected chi connectivity index (χ3v) is 2.84. The Bertz CT molecular complexity index is 568. The minimum Gasteiger partial charge on any atom is -0.497 e. The molecule has 3 nitrogen and oxygen atoms in total. The van der Waals surface area contributed by atoms with Gasteiger partial charge in [-0.3, -0.25) is 4.98 Å². The van der Waals surface area contributed by atoms with Crippen molar-refractivity contribution >= 4 is 24.5 Å². The van der Waals surface area contributed by atoms with Crippen LogP contribution < -0.4 is 10.2 Å². The number of benzene rings is 1. The van der Waals surface area contributed by atoms with E-state index in [0.29, 0.717) is 0 Å². The van der Waals surface area contributed by atoms with Crippen LogP contribution in [0.1, 0.15) is 11.1 Å². The van der Waals surface area contributed by atoms with Crippen LogP contribution in [0.3, 0.4) is 0 Å². The highest BCUT2D eigenvalue weighted by molar-refractivity contribution is 6.64. The molecular weight excluding hydrogens is 237 g/mol. The summed E-state index contributed by atoms with van der Waals surface area (Å²) in [4.78, 5) is 3.98. The number of hydrogen-bond acceptors (Lipinski definition) is 3. The molecule has 0 radical (unpaired) electrons. The van der Waals surface area contributed by atoms with Crippen LogP contribution in [0.15, 0.2) is 42.7 Å². The van der Waals surface area contributed by atoms with E-state index in [4.69, 9.17) is 4.74 Å². The van der Waals surface area contributed by atoms with Crippen molar-refractivity contribution in [1.82, 2.24) is 4.98 Å². The fourth-order valence-electron chi connectivity index (χ4n) is 1.77. The lowest BCUT2D eigenvalue weighted by molar-refractivity contribution is 0.415. The standard InChI is InChI=1S/C15H16BNO2/c1-16(18)14-9-13(10-15(11-14)19-2)4-3-12-5-7-17-8-6-12/h3-11,18H,1-2H3/b4-3+. The maximum atomic E-state index is 9.67. The van der Waals surface area contributed by atoms with Crippen LogP contribution in [0.2, 0.25) is 6.82 Å². The molecule has 0 atom stereocenters. The Kier molecular flexibility index (Phi) is 4.37. The molecule has 0 aliphatic rings. The SMILES string of the molecule is COc1cc(/C=C/c2ccncc2)cc(B(C)O)c1. The maximum Gasteiger partial charge on any atom is 0.320 e. The minimum atomic E-state index is -0.511. The number of methoxy groups -OCH3 is 1. The van der Waals surface area contributed by atoms with Crippen molar-refractivity contribution in [2.75, 3.05) is 7.11 Å². The number of hydrogen-bond donors (Lipinski definition) is 1. The Balaban J connectivity index is 2.29. The first-order valence-electron chi connectivity index (χ1n) is 6.14. The number of ether oxygens (including phenoxy) is 1. The Labute approximate surface area is 113 Å². The van der Waals surface area contributed by atoms with Crippen molar-refractivity contribution in [3.8, 4) is 5.75 Å². The Morgan fingerprint density at radius 1 is 1.11 bits per heavy atom. The molecule has 4 heteroatoms. The summed E-state index contributed by atoms with van der Waals surface area (Å²) in [6, 6.07) is 9.60. The second-order valence-corrected chi connectivity index (χ2v) is 4.33. The van der Waals surface area contributed by atoms with Crippen molar-refractivity contribution in [3.63, 3.8) is 0 Å². The third-order valence-electron chi connectivity index (χ3n) is 2.84. The predicted octanol–water partition coefficient (Wildman–Crippen LogP) is 2.08. The molecule has 1 heterocycles. The third kappa shape index (κ3) is 3.70. The molecule has 0 bridgehead atoms. The summed E-state index contributed by atoms with van der Waals surface area (Å²) in [7, 11) is 1.62. The molecule has 0 unspecified atom stereocenters. The van der Waals surface area contributed by atoms with E-state index < -0.39 is 6.92 Å². The highest BCUT2D eigenvalue weighted by Gasteiger charge is 2.08. The van der Waals surface area contributed by atoms with E-state index in [-0.39, 0.29) is 0 Å². The van der Waals surface area contributed by atoms with Crippen LogP contribution in [0.4, 0.5) is 0 Å². The number of nitrogens with zero attached hydrogens (tertiary/aromatic N) is 1. The van der Waals surface area contributed by atoms with Gasteiger partial charge in [0.05, 0.1) is 7.11 Å². The van der Waals surface area contributed by atoms with Gasteiger partial charge in [0.1, 0.15) is 5.75 Å². The van der Waals surface area contributed by atoms with Crippen LogP contribution in [-0.2, 0) is 0 Å². The zero-order chi connectivity index (χ0) is 13.7. The van der Waals surface area contributed by atoms with E-state index in [0.717, 1.165) is 22.3 Å². The number of rotatable bonds is 4. The van der Waals surface area contributed by atoms with Crippen LogP contribution in [0.25, 0.3) is 12.2 Å². The van der Waals surface area contributed by atoms with E-state index in [1.165, 1.54) is 0 Å². The quantitative estimate of drug-likeness (QED) is 0.848. The molecule has 0 fully saturated rings. The average Bonchev–Trinajstić information content (AvgIpc) is 2.45. The van der Waals surface area contributed by atoms with Crippen LogP contribution in [-0.4, -0.2) is 24.0 Å². The van der Waals surface area contributed by atoms with Crippen LogP contribution in [0.5, 0.6) is 5.75 Å². The molecular formula is C15H16BNO2. The molecule has 0 aliphatic heterocycles. The summed E-state index contributed by atoms with van der Waals surface area (Å²) < 4.78 is 5.24. The summed E-state index contributed by atoms with van der Waals surface area (Å²) in [5.41, 5.74) is 2.91. The van der Waals surface area contributed by atoms with Gasteiger partial charge in [-0.25, -0.2) is 0 Å². The fourth-order valence-corrected chi connectivity index (χ4v) is 1.77. The van der Waals surface area contributed by atoms with Crippen molar-refractivity contribution in [2.45, 2.75) is 6.82 Å². The largest absolute Gasteiger partial charge is 0.497 e. The molecule has 19 heavy (non-hydrogen) atoms. The first-order chi connectivity index (χ1) is 9.19. The van der Waals surface area contributed by atoms with E-state index in [9.17, 15) is 5.02 Å². The van der Waals surface area contributed by atoms with Crippen molar-refractivity contribution < 1.29 is 9.76 Å². The second-order valence-electron chi connectivity index (χ2n) is 4.33. The average molecular weight is 253 g/mol. The van der Waals surface area contributed by atoms with Crippen molar-refractivity contribution in [2.24, 2.45) is 0 Å². The lowest BCUT2D eigenvalue weighted by Gasteiger charge is -2.07.